The van der Waals surface area contributed by atoms with Gasteiger partial charge in [-0.15, -0.1) is 5.10 Å². The highest BCUT2D eigenvalue weighted by atomic mass is 16.2. The molecule has 4 aromatic rings. The molecule has 0 radical (unpaired) electrons. The minimum absolute atomic E-state index is 0.148. The first-order valence-electron chi connectivity index (χ1n) is 11.4. The van der Waals surface area contributed by atoms with Crippen LogP contribution in [0.2, 0.25) is 0 Å². The Hall–Kier alpha value is -3.52. The van der Waals surface area contributed by atoms with Crippen molar-refractivity contribution in [1.82, 2.24) is 29.0 Å². The maximum atomic E-state index is 13.4. The van der Waals surface area contributed by atoms with Gasteiger partial charge < -0.3 is 10.6 Å². The van der Waals surface area contributed by atoms with Crippen molar-refractivity contribution in [3.05, 3.63) is 64.3 Å². The largest absolute Gasteiger partial charge is 0.369 e. The van der Waals surface area contributed by atoms with E-state index in [4.69, 9.17) is 15.8 Å². The second kappa shape index (κ2) is 8.44. The summed E-state index contributed by atoms with van der Waals surface area (Å²) < 4.78 is 3.02. The first-order valence-corrected chi connectivity index (χ1v) is 11.4. The summed E-state index contributed by atoms with van der Waals surface area (Å²) in [5.74, 6) is 0.565. The Labute approximate surface area is 192 Å². The molecular weight excluding hydrogens is 414 g/mol. The lowest BCUT2D eigenvalue weighted by molar-refractivity contribution is 0.200. The molecule has 0 bridgehead atoms. The number of aromatic nitrogens is 5. The molecule has 33 heavy (non-hydrogen) atoms. The predicted octanol–water partition coefficient (Wildman–Crippen LogP) is 3.16. The van der Waals surface area contributed by atoms with Crippen LogP contribution in [0, 0.1) is 19.8 Å². The summed E-state index contributed by atoms with van der Waals surface area (Å²) in [5, 5.41) is 4.82. The van der Waals surface area contributed by atoms with Gasteiger partial charge in [0.05, 0.1) is 11.3 Å². The SMILES string of the molecule is Cc1cc(-c2c(-c3ccccc3)nc(N)n3c(=O)n(CC4CCN(C)CC4)nc23)cc(C)n1. The second-order valence-corrected chi connectivity index (χ2v) is 9.07. The molecular formula is C25H29N7O. The van der Waals surface area contributed by atoms with Crippen molar-refractivity contribution in [2.75, 3.05) is 25.9 Å². The highest BCUT2D eigenvalue weighted by Crippen LogP contribution is 2.35. The third-order valence-electron chi connectivity index (χ3n) is 6.44. The van der Waals surface area contributed by atoms with Crippen LogP contribution in [0.4, 0.5) is 5.95 Å². The number of hydrogen-bond donors (Lipinski definition) is 1. The molecule has 0 saturated carbocycles. The van der Waals surface area contributed by atoms with Crippen molar-refractivity contribution in [3.63, 3.8) is 0 Å². The normalized spacial score (nSPS) is 15.4. The van der Waals surface area contributed by atoms with Gasteiger partial charge in [-0.25, -0.2) is 18.9 Å². The number of nitrogens with two attached hydrogens (primary N) is 1. The monoisotopic (exact) mass is 443 g/mol. The second-order valence-electron chi connectivity index (χ2n) is 9.07. The minimum atomic E-state index is -0.239. The van der Waals surface area contributed by atoms with Crippen molar-refractivity contribution in [1.29, 1.82) is 0 Å². The molecule has 0 unspecified atom stereocenters. The average Bonchev–Trinajstić information content (AvgIpc) is 3.11. The van der Waals surface area contributed by atoms with E-state index in [1.165, 1.54) is 4.40 Å². The molecule has 2 N–H and O–H groups in total. The van der Waals surface area contributed by atoms with Crippen LogP contribution in [-0.4, -0.2) is 49.2 Å². The highest BCUT2D eigenvalue weighted by molar-refractivity contribution is 5.90. The van der Waals surface area contributed by atoms with E-state index in [1.807, 2.05) is 56.3 Å². The number of likely N-dealkylation sites (tertiary alicyclic amines) is 1. The summed E-state index contributed by atoms with van der Waals surface area (Å²) in [6.07, 6.45) is 2.10. The zero-order valence-corrected chi connectivity index (χ0v) is 19.3. The summed E-state index contributed by atoms with van der Waals surface area (Å²) in [6, 6.07) is 13.9. The maximum absolute atomic E-state index is 13.4. The fraction of sp³-hybridized carbons (Fsp3) is 0.360. The Morgan fingerprint density at radius 2 is 1.67 bits per heavy atom. The van der Waals surface area contributed by atoms with Crippen LogP contribution in [0.1, 0.15) is 24.2 Å². The third kappa shape index (κ3) is 4.02. The van der Waals surface area contributed by atoms with Crippen LogP contribution < -0.4 is 11.4 Å². The van der Waals surface area contributed by atoms with Crippen LogP contribution in [0.25, 0.3) is 28.0 Å². The van der Waals surface area contributed by atoms with Gasteiger partial charge in [0.1, 0.15) is 0 Å². The van der Waals surface area contributed by atoms with Gasteiger partial charge in [-0.1, -0.05) is 30.3 Å². The molecule has 1 aliphatic rings. The molecule has 4 heterocycles. The van der Waals surface area contributed by atoms with E-state index >= 15 is 0 Å². The third-order valence-corrected chi connectivity index (χ3v) is 6.44. The van der Waals surface area contributed by atoms with Gasteiger partial charge in [-0.2, -0.15) is 0 Å². The average molecular weight is 444 g/mol. The van der Waals surface area contributed by atoms with Gasteiger partial charge >= 0.3 is 5.69 Å². The predicted molar refractivity (Wildman–Crippen MR) is 130 cm³/mol. The zero-order chi connectivity index (χ0) is 23.1. The molecule has 1 aromatic carbocycles. The Balaban J connectivity index is 1.73. The summed E-state index contributed by atoms with van der Waals surface area (Å²) in [6.45, 7) is 6.59. The molecule has 8 heteroatoms. The molecule has 1 fully saturated rings. The van der Waals surface area contributed by atoms with Gasteiger partial charge in [-0.3, -0.25) is 4.98 Å². The molecule has 0 aliphatic carbocycles. The number of nitrogens with zero attached hydrogens (tertiary/aromatic N) is 6. The molecule has 1 saturated heterocycles. The Kier molecular flexibility index (Phi) is 5.46. The fourth-order valence-corrected chi connectivity index (χ4v) is 4.76. The molecule has 170 valence electrons. The number of aryl methyl sites for hydroxylation is 2. The van der Waals surface area contributed by atoms with Crippen LogP contribution in [0.3, 0.4) is 0 Å². The number of pyridine rings is 1. The topological polar surface area (TPSA) is 94.3 Å². The number of nitrogen functional groups attached to an aromatic ring is 1. The standard InChI is InChI=1S/C25H29N7O/c1-16-13-20(14-17(2)27-16)21-22(19-7-5-4-6-8-19)28-24(26)32-23(21)29-31(25(32)33)15-18-9-11-30(3)12-10-18/h4-8,13-14,18H,9-12,15H2,1-3H3,(H2,26,28). The van der Waals surface area contributed by atoms with E-state index in [1.54, 1.807) is 4.68 Å². The van der Waals surface area contributed by atoms with Crippen molar-refractivity contribution < 1.29 is 0 Å². The molecule has 0 amide bonds. The summed E-state index contributed by atoms with van der Waals surface area (Å²) >= 11 is 0. The molecule has 1 aliphatic heterocycles. The number of hydrogen-bond acceptors (Lipinski definition) is 6. The Morgan fingerprint density at radius 3 is 2.33 bits per heavy atom. The van der Waals surface area contributed by atoms with E-state index in [2.05, 4.69) is 16.9 Å². The Morgan fingerprint density at radius 1 is 1.00 bits per heavy atom. The van der Waals surface area contributed by atoms with E-state index in [-0.39, 0.29) is 11.6 Å². The zero-order valence-electron chi connectivity index (χ0n) is 19.3. The van der Waals surface area contributed by atoms with Crippen molar-refractivity contribution in [2.24, 2.45) is 5.92 Å². The summed E-state index contributed by atoms with van der Waals surface area (Å²) in [7, 11) is 2.13. The van der Waals surface area contributed by atoms with Crippen molar-refractivity contribution in [3.8, 4) is 22.4 Å². The molecule has 8 nitrogen and oxygen atoms in total. The van der Waals surface area contributed by atoms with Crippen LogP contribution in [0.5, 0.6) is 0 Å². The Bertz CT molecular complexity index is 1350. The maximum Gasteiger partial charge on any atom is 0.353 e. The van der Waals surface area contributed by atoms with Gasteiger partial charge in [0.25, 0.3) is 0 Å². The first kappa shape index (κ1) is 21.3. The summed E-state index contributed by atoms with van der Waals surface area (Å²) in [5.41, 5.74) is 11.8. The van der Waals surface area contributed by atoms with Crippen molar-refractivity contribution in [2.45, 2.75) is 33.2 Å². The van der Waals surface area contributed by atoms with E-state index in [0.29, 0.717) is 23.8 Å². The van der Waals surface area contributed by atoms with Gasteiger partial charge in [0.2, 0.25) is 5.95 Å². The number of piperidine rings is 1. The smallest absolute Gasteiger partial charge is 0.353 e. The minimum Gasteiger partial charge on any atom is -0.369 e. The number of rotatable bonds is 4. The number of benzene rings is 1. The number of fused-ring (bicyclic) bond motifs is 1. The lowest BCUT2D eigenvalue weighted by Gasteiger charge is -2.28. The molecule has 0 spiro atoms. The van der Waals surface area contributed by atoms with E-state index in [9.17, 15) is 4.79 Å². The van der Waals surface area contributed by atoms with Gasteiger partial charge in [0.15, 0.2) is 5.65 Å². The van der Waals surface area contributed by atoms with Crippen LogP contribution >= 0.6 is 0 Å². The highest BCUT2D eigenvalue weighted by Gasteiger charge is 2.24. The van der Waals surface area contributed by atoms with Crippen molar-refractivity contribution >= 4 is 11.6 Å². The summed E-state index contributed by atoms with van der Waals surface area (Å²) in [4.78, 5) is 24.9. The quantitative estimate of drug-likeness (QED) is 0.521. The molecule has 0 atom stereocenters. The lowest BCUT2D eigenvalue weighted by atomic mass is 9.97. The molecule has 5 rings (SSSR count). The van der Waals surface area contributed by atoms with E-state index in [0.717, 1.165) is 54.0 Å². The lowest BCUT2D eigenvalue weighted by Crippen LogP contribution is -2.34. The fourth-order valence-electron chi connectivity index (χ4n) is 4.76. The van der Waals surface area contributed by atoms with Gasteiger partial charge in [-0.05, 0) is 70.4 Å². The van der Waals surface area contributed by atoms with E-state index < -0.39 is 0 Å². The molecule has 3 aromatic heterocycles. The first-order chi connectivity index (χ1) is 15.9. The number of anilines is 1. The van der Waals surface area contributed by atoms with Gasteiger partial charge in [0, 0.05) is 23.5 Å². The van der Waals surface area contributed by atoms with Crippen LogP contribution in [0.15, 0.2) is 47.3 Å². The van der Waals surface area contributed by atoms with Crippen LogP contribution in [-0.2, 0) is 6.54 Å².